The number of ketones is 1. The Balaban J connectivity index is 1.55. The van der Waals surface area contributed by atoms with Crippen LogP contribution in [0.3, 0.4) is 0 Å². The van der Waals surface area contributed by atoms with E-state index in [-0.39, 0.29) is 29.7 Å². The molecule has 10 heteroatoms. The lowest BCUT2D eigenvalue weighted by Gasteiger charge is -2.35. The first kappa shape index (κ1) is 27.7. The van der Waals surface area contributed by atoms with Gasteiger partial charge in [0, 0.05) is 47.1 Å². The van der Waals surface area contributed by atoms with Crippen molar-refractivity contribution in [3.05, 3.63) is 98.9 Å². The van der Waals surface area contributed by atoms with E-state index in [9.17, 15) is 19.7 Å². The quantitative estimate of drug-likeness (QED) is 0.279. The highest BCUT2D eigenvalue weighted by molar-refractivity contribution is 6.13. The van der Waals surface area contributed by atoms with E-state index < -0.39 is 16.8 Å². The third kappa shape index (κ3) is 5.58. The van der Waals surface area contributed by atoms with Crippen LogP contribution in [-0.2, 0) is 16.2 Å². The van der Waals surface area contributed by atoms with Crippen LogP contribution < -0.4 is 14.8 Å². The van der Waals surface area contributed by atoms with Crippen LogP contribution in [0.2, 0.25) is 0 Å². The lowest BCUT2D eigenvalue weighted by atomic mass is 9.71. The van der Waals surface area contributed by atoms with Crippen molar-refractivity contribution in [2.45, 2.75) is 45.6 Å². The zero-order valence-electron chi connectivity index (χ0n) is 23.0. The number of allylic oxidation sites excluding steroid dienone is 2. The minimum Gasteiger partial charge on any atom is -0.496 e. The Bertz CT molecular complexity index is 1590. The Morgan fingerprint density at radius 2 is 1.90 bits per heavy atom. The molecule has 2 aliphatic rings. The molecule has 5 rings (SSSR count). The average Bonchev–Trinajstić information content (AvgIpc) is 2.96. The Labute approximate surface area is 237 Å². The van der Waals surface area contributed by atoms with Gasteiger partial charge in [-0.15, -0.1) is 0 Å². The number of carbonyl (C=O) groups is 2. The minimum atomic E-state index is -0.755. The molecular formula is C31H30N4O6. The zero-order valence-corrected chi connectivity index (χ0v) is 23.0. The van der Waals surface area contributed by atoms with Crippen molar-refractivity contribution >= 4 is 28.9 Å². The molecule has 41 heavy (non-hydrogen) atoms. The molecule has 0 saturated carbocycles. The van der Waals surface area contributed by atoms with Crippen molar-refractivity contribution in [1.82, 2.24) is 4.98 Å². The van der Waals surface area contributed by atoms with Crippen molar-refractivity contribution in [1.29, 1.82) is 0 Å². The lowest BCUT2D eigenvalue weighted by molar-refractivity contribution is -0.385. The zero-order chi connectivity index (χ0) is 29.1. The number of pyridine rings is 1. The van der Waals surface area contributed by atoms with Gasteiger partial charge < -0.3 is 14.8 Å². The average molecular weight is 555 g/mol. The first-order valence-corrected chi connectivity index (χ1v) is 13.4. The number of nitrogens with one attached hydrogen (secondary N) is 1. The summed E-state index contributed by atoms with van der Waals surface area (Å²) < 4.78 is 11.4. The number of aryl methyl sites for hydroxylation is 1. The number of hydrogen-bond acceptors (Lipinski definition) is 8. The number of hydrogen-bond donors (Lipinski definition) is 1. The fourth-order valence-electron chi connectivity index (χ4n) is 5.51. The number of aromatic nitrogens is 1. The van der Waals surface area contributed by atoms with Gasteiger partial charge >= 0.3 is 5.69 Å². The molecule has 3 aromatic rings. The maximum atomic E-state index is 13.8. The van der Waals surface area contributed by atoms with Gasteiger partial charge in [0.1, 0.15) is 18.2 Å². The third-order valence-electron chi connectivity index (χ3n) is 7.48. The van der Waals surface area contributed by atoms with Gasteiger partial charge in [-0.05, 0) is 62.1 Å². The molecule has 1 amide bonds. The number of methoxy groups -OCH3 is 1. The van der Waals surface area contributed by atoms with E-state index in [1.54, 1.807) is 30.5 Å². The number of amides is 1. The number of ether oxygens (including phenoxy) is 2. The number of nitro groups is 1. The smallest absolute Gasteiger partial charge is 0.310 e. The van der Waals surface area contributed by atoms with Crippen LogP contribution in [0.4, 0.5) is 11.5 Å². The van der Waals surface area contributed by atoms with Gasteiger partial charge in [-0.3, -0.25) is 24.7 Å². The van der Waals surface area contributed by atoms with E-state index in [2.05, 4.69) is 10.3 Å². The minimum absolute atomic E-state index is 0.0205. The molecular weight excluding hydrogens is 524 g/mol. The van der Waals surface area contributed by atoms with Crippen molar-refractivity contribution in [2.75, 3.05) is 12.4 Å². The number of benzene rings is 2. The predicted molar refractivity (Wildman–Crippen MR) is 153 cm³/mol. The highest BCUT2D eigenvalue weighted by Crippen LogP contribution is 2.44. The molecule has 2 atom stereocenters. The van der Waals surface area contributed by atoms with E-state index in [4.69, 9.17) is 14.5 Å². The van der Waals surface area contributed by atoms with E-state index in [0.29, 0.717) is 47.7 Å². The monoisotopic (exact) mass is 554 g/mol. The number of Topliss-reactive ketones (excluding diaryl/α,β-unsaturated/α-hetero) is 1. The molecule has 1 N–H and O–H groups in total. The number of nitrogens with zero attached hydrogens (tertiary/aromatic N) is 3. The summed E-state index contributed by atoms with van der Waals surface area (Å²) in [6, 6.07) is 15.3. The predicted octanol–water partition coefficient (Wildman–Crippen LogP) is 5.71. The molecule has 0 saturated heterocycles. The third-order valence-corrected chi connectivity index (χ3v) is 7.48. The standard InChI is InChI=1S/C31H30N4O6/c1-18-8-7-15-32-30(18)34-31(37)27-19(2)33-22-9-6-11-24(36)29(22)28(27)20-13-14-25(40-3)21(16-20)17-41-26-12-5-4-10-23(26)35(38)39/h4-5,7-8,10,12-16,27-28H,6,9,11,17H2,1-3H3,(H,32,34,37)/t27?,28-/m0/s1. The summed E-state index contributed by atoms with van der Waals surface area (Å²) in [6.45, 7) is 3.65. The molecule has 0 fully saturated rings. The summed E-state index contributed by atoms with van der Waals surface area (Å²) in [7, 11) is 1.53. The summed E-state index contributed by atoms with van der Waals surface area (Å²) in [6.07, 6.45) is 3.37. The second kappa shape index (κ2) is 11.7. The van der Waals surface area contributed by atoms with Gasteiger partial charge in [-0.1, -0.05) is 24.3 Å². The molecule has 210 valence electrons. The number of aliphatic imine (C=N–C) groups is 1. The van der Waals surface area contributed by atoms with Crippen molar-refractivity contribution in [2.24, 2.45) is 10.9 Å². The van der Waals surface area contributed by atoms with Gasteiger partial charge in [0.15, 0.2) is 11.5 Å². The number of carbonyl (C=O) groups excluding carboxylic acids is 2. The van der Waals surface area contributed by atoms with E-state index in [1.165, 1.54) is 19.2 Å². The lowest BCUT2D eigenvalue weighted by Crippen LogP contribution is -2.39. The maximum absolute atomic E-state index is 13.8. The summed E-state index contributed by atoms with van der Waals surface area (Å²) >= 11 is 0. The van der Waals surface area contributed by atoms with Gasteiger partial charge in [-0.25, -0.2) is 4.98 Å². The normalized spacial score (nSPS) is 18.3. The van der Waals surface area contributed by atoms with Crippen molar-refractivity contribution in [3.63, 3.8) is 0 Å². The van der Waals surface area contributed by atoms with Crippen LogP contribution >= 0.6 is 0 Å². The Morgan fingerprint density at radius 1 is 1.10 bits per heavy atom. The Hall–Kier alpha value is -4.86. The first-order valence-electron chi connectivity index (χ1n) is 13.4. The van der Waals surface area contributed by atoms with Crippen LogP contribution in [0.1, 0.15) is 48.8 Å². The van der Waals surface area contributed by atoms with Gasteiger partial charge in [0.05, 0.1) is 18.0 Å². The molecule has 0 bridgehead atoms. The summed E-state index contributed by atoms with van der Waals surface area (Å²) in [4.78, 5) is 47.2. The first-order chi connectivity index (χ1) is 19.8. The number of rotatable bonds is 8. The summed E-state index contributed by atoms with van der Waals surface area (Å²) in [5.74, 6) is -0.579. The topological polar surface area (TPSA) is 133 Å². The van der Waals surface area contributed by atoms with Gasteiger partial charge in [0.25, 0.3) is 0 Å². The molecule has 2 aromatic carbocycles. The van der Waals surface area contributed by atoms with E-state index in [0.717, 1.165) is 16.8 Å². The molecule has 10 nitrogen and oxygen atoms in total. The Kier molecular flexibility index (Phi) is 7.91. The summed E-state index contributed by atoms with van der Waals surface area (Å²) in [5.41, 5.74) is 3.89. The van der Waals surface area contributed by atoms with Crippen LogP contribution in [0, 0.1) is 23.0 Å². The largest absolute Gasteiger partial charge is 0.496 e. The molecule has 0 radical (unpaired) electrons. The number of anilines is 1. The fraction of sp³-hybridized carbons (Fsp3) is 0.290. The molecule has 1 aromatic heterocycles. The van der Waals surface area contributed by atoms with Gasteiger partial charge in [-0.2, -0.15) is 0 Å². The van der Waals surface area contributed by atoms with E-state index >= 15 is 0 Å². The second-order valence-corrected chi connectivity index (χ2v) is 10.1. The number of nitro benzene ring substituents is 1. The molecule has 1 aliphatic carbocycles. The molecule has 0 spiro atoms. The van der Waals surface area contributed by atoms with Gasteiger partial charge in [0.2, 0.25) is 5.91 Å². The summed E-state index contributed by atoms with van der Waals surface area (Å²) in [5, 5.41) is 14.4. The molecule has 1 unspecified atom stereocenters. The highest BCUT2D eigenvalue weighted by Gasteiger charge is 2.42. The van der Waals surface area contributed by atoms with Crippen molar-refractivity contribution < 1.29 is 24.0 Å². The SMILES string of the molecule is COc1ccc([C@@H]2C3=C(CCCC3=O)N=C(C)C2C(=O)Nc2ncccc2C)cc1COc1ccccc1[N+](=O)[O-]. The van der Waals surface area contributed by atoms with Crippen LogP contribution in [0.15, 0.2) is 77.1 Å². The Morgan fingerprint density at radius 3 is 2.66 bits per heavy atom. The van der Waals surface area contributed by atoms with E-state index in [1.807, 2.05) is 32.0 Å². The van der Waals surface area contributed by atoms with Crippen LogP contribution in [-0.4, -0.2) is 34.4 Å². The fourth-order valence-corrected chi connectivity index (χ4v) is 5.51. The highest BCUT2D eigenvalue weighted by atomic mass is 16.6. The van der Waals surface area contributed by atoms with Crippen LogP contribution in [0.5, 0.6) is 11.5 Å². The maximum Gasteiger partial charge on any atom is 0.310 e. The second-order valence-electron chi connectivity index (χ2n) is 10.1. The van der Waals surface area contributed by atoms with Crippen molar-refractivity contribution in [3.8, 4) is 11.5 Å². The van der Waals surface area contributed by atoms with Crippen LogP contribution in [0.25, 0.3) is 0 Å². The molecule has 2 heterocycles. The molecule has 1 aliphatic heterocycles. The number of para-hydroxylation sites is 2.